The highest BCUT2D eigenvalue weighted by molar-refractivity contribution is 5.98. The second-order valence-electron chi connectivity index (χ2n) is 4.90. The van der Waals surface area contributed by atoms with E-state index in [-0.39, 0.29) is 18.3 Å². The van der Waals surface area contributed by atoms with E-state index < -0.39 is 0 Å². The zero-order valence-electron chi connectivity index (χ0n) is 10.6. The van der Waals surface area contributed by atoms with Gasteiger partial charge in [-0.15, -0.1) is 12.4 Å². The Labute approximate surface area is 114 Å². The van der Waals surface area contributed by atoms with Gasteiger partial charge in [0, 0.05) is 24.6 Å². The molecule has 1 saturated carbocycles. The summed E-state index contributed by atoms with van der Waals surface area (Å²) in [4.78, 5) is 15.8. The zero-order chi connectivity index (χ0) is 12.3. The Morgan fingerprint density at radius 3 is 2.83 bits per heavy atom. The highest BCUT2D eigenvalue weighted by Crippen LogP contribution is 2.48. The zero-order valence-corrected chi connectivity index (χ0v) is 11.4. The van der Waals surface area contributed by atoms with E-state index in [1.807, 2.05) is 0 Å². The molecule has 0 radical (unpaired) electrons. The summed E-state index contributed by atoms with van der Waals surface area (Å²) >= 11 is 0. The lowest BCUT2D eigenvalue weighted by atomic mass is 10.0. The lowest BCUT2D eigenvalue weighted by molar-refractivity contribution is 0.0944. The van der Waals surface area contributed by atoms with Crippen LogP contribution in [0.1, 0.15) is 43.0 Å². The van der Waals surface area contributed by atoms with Crippen molar-refractivity contribution in [1.29, 1.82) is 0 Å². The third-order valence-electron chi connectivity index (χ3n) is 3.46. The maximum absolute atomic E-state index is 11.9. The highest BCUT2D eigenvalue weighted by atomic mass is 35.5. The van der Waals surface area contributed by atoms with E-state index in [9.17, 15) is 4.79 Å². The molecule has 0 atom stereocenters. The van der Waals surface area contributed by atoms with E-state index in [1.54, 1.807) is 12.3 Å². The molecular formula is C13H20ClN3O. The molecule has 1 aliphatic rings. The molecule has 1 aliphatic carbocycles. The Kier molecular flexibility index (Phi) is 4.96. The van der Waals surface area contributed by atoms with Crippen molar-refractivity contribution in [2.45, 2.75) is 32.6 Å². The fourth-order valence-corrected chi connectivity index (χ4v) is 2.18. The Balaban J connectivity index is 0.00000162. The van der Waals surface area contributed by atoms with Gasteiger partial charge in [-0.2, -0.15) is 0 Å². The van der Waals surface area contributed by atoms with Gasteiger partial charge < -0.3 is 11.1 Å². The van der Waals surface area contributed by atoms with Gasteiger partial charge in [-0.25, -0.2) is 0 Å². The number of hydrogen-bond donors (Lipinski definition) is 2. The van der Waals surface area contributed by atoms with Gasteiger partial charge in [0.15, 0.2) is 0 Å². The molecule has 4 nitrogen and oxygen atoms in total. The van der Waals surface area contributed by atoms with Crippen molar-refractivity contribution in [3.8, 4) is 0 Å². The first-order valence-corrected chi connectivity index (χ1v) is 6.14. The maximum Gasteiger partial charge on any atom is 0.254 e. The van der Waals surface area contributed by atoms with Gasteiger partial charge in [0.2, 0.25) is 0 Å². The number of nitrogens with one attached hydrogen (secondary N) is 1. The average Bonchev–Trinajstić information content (AvgIpc) is 3.08. The van der Waals surface area contributed by atoms with E-state index in [2.05, 4.69) is 17.2 Å². The number of hydrogen-bond acceptors (Lipinski definition) is 3. The molecule has 0 aromatic carbocycles. The minimum atomic E-state index is -0.113. The van der Waals surface area contributed by atoms with E-state index in [0.717, 1.165) is 6.54 Å². The van der Waals surface area contributed by atoms with Crippen molar-refractivity contribution in [3.63, 3.8) is 0 Å². The number of carbonyl (C=O) groups is 1. The van der Waals surface area contributed by atoms with Crippen LogP contribution in [0.5, 0.6) is 0 Å². The first-order chi connectivity index (χ1) is 8.17. The number of carbonyl (C=O) groups excluding carboxylic acids is 1. The molecule has 100 valence electrons. The summed E-state index contributed by atoms with van der Waals surface area (Å²) in [6.45, 7) is 2.94. The normalized spacial score (nSPS) is 15.6. The second-order valence-corrected chi connectivity index (χ2v) is 4.90. The Bertz CT molecular complexity index is 418. The van der Waals surface area contributed by atoms with Crippen molar-refractivity contribution < 1.29 is 4.79 Å². The van der Waals surface area contributed by atoms with Crippen LogP contribution in [0.4, 0.5) is 5.69 Å². The van der Waals surface area contributed by atoms with Gasteiger partial charge in [0.25, 0.3) is 5.91 Å². The predicted molar refractivity (Wildman–Crippen MR) is 74.8 cm³/mol. The second kappa shape index (κ2) is 6.05. The smallest absolute Gasteiger partial charge is 0.254 e. The maximum atomic E-state index is 11.9. The minimum absolute atomic E-state index is 0. The van der Waals surface area contributed by atoms with Crippen molar-refractivity contribution in [2.75, 3.05) is 12.3 Å². The molecule has 0 aliphatic heterocycles. The molecule has 0 unspecified atom stereocenters. The lowest BCUT2D eigenvalue weighted by Gasteiger charge is -2.15. The summed E-state index contributed by atoms with van der Waals surface area (Å²) < 4.78 is 0. The van der Waals surface area contributed by atoms with Crippen molar-refractivity contribution in [3.05, 3.63) is 24.0 Å². The number of anilines is 1. The Morgan fingerprint density at radius 1 is 1.56 bits per heavy atom. The third-order valence-corrected chi connectivity index (χ3v) is 3.46. The van der Waals surface area contributed by atoms with Crippen molar-refractivity contribution in [1.82, 2.24) is 10.3 Å². The van der Waals surface area contributed by atoms with Crippen LogP contribution < -0.4 is 11.1 Å². The van der Waals surface area contributed by atoms with E-state index in [0.29, 0.717) is 16.7 Å². The number of halogens is 1. The summed E-state index contributed by atoms with van der Waals surface area (Å²) in [6, 6.07) is 1.65. The first kappa shape index (κ1) is 14.8. The average molecular weight is 270 g/mol. The standard InChI is InChI=1S/C13H19N3O.ClH/c1-2-4-13(5-6-13)9-16-12(17)10-8-15-7-3-11(10)14;/h3,7-8H,2,4-6,9H2,1H3,(H2,14,15)(H,16,17);1H. The quantitative estimate of drug-likeness (QED) is 0.862. The summed E-state index contributed by atoms with van der Waals surface area (Å²) in [6.07, 6.45) is 7.92. The van der Waals surface area contributed by atoms with Crippen LogP contribution in [0.25, 0.3) is 0 Å². The van der Waals surface area contributed by atoms with Gasteiger partial charge >= 0.3 is 0 Å². The van der Waals surface area contributed by atoms with Crippen molar-refractivity contribution in [2.24, 2.45) is 5.41 Å². The van der Waals surface area contributed by atoms with Crippen LogP contribution in [-0.2, 0) is 0 Å². The summed E-state index contributed by atoms with van der Waals surface area (Å²) in [5.41, 5.74) is 7.05. The molecular weight excluding hydrogens is 250 g/mol. The SMILES string of the molecule is CCCC1(CNC(=O)c2cnccc2N)CC1.Cl. The van der Waals surface area contributed by atoms with E-state index >= 15 is 0 Å². The number of aromatic nitrogens is 1. The highest BCUT2D eigenvalue weighted by Gasteiger charge is 2.41. The predicted octanol–water partition coefficient (Wildman–Crippen LogP) is 2.40. The van der Waals surface area contributed by atoms with E-state index in [1.165, 1.54) is 31.9 Å². The largest absolute Gasteiger partial charge is 0.398 e. The van der Waals surface area contributed by atoms with Crippen LogP contribution in [0.15, 0.2) is 18.5 Å². The molecule has 5 heteroatoms. The summed E-state index contributed by atoms with van der Waals surface area (Å²) in [7, 11) is 0. The molecule has 0 spiro atoms. The fraction of sp³-hybridized carbons (Fsp3) is 0.538. The molecule has 1 aromatic rings. The molecule has 1 heterocycles. The molecule has 0 bridgehead atoms. The topological polar surface area (TPSA) is 68.0 Å². The number of nitrogens with two attached hydrogens (primary N) is 1. The van der Waals surface area contributed by atoms with Crippen LogP contribution in [0, 0.1) is 5.41 Å². The van der Waals surface area contributed by atoms with Gasteiger partial charge in [-0.1, -0.05) is 13.3 Å². The van der Waals surface area contributed by atoms with Crippen LogP contribution in [0.3, 0.4) is 0 Å². The minimum Gasteiger partial charge on any atom is -0.398 e. The number of amides is 1. The van der Waals surface area contributed by atoms with Gasteiger partial charge in [0.05, 0.1) is 5.56 Å². The Morgan fingerprint density at radius 2 is 2.28 bits per heavy atom. The molecule has 2 rings (SSSR count). The van der Waals surface area contributed by atoms with Crippen LogP contribution in [-0.4, -0.2) is 17.4 Å². The summed E-state index contributed by atoms with van der Waals surface area (Å²) in [5, 5.41) is 2.97. The molecule has 18 heavy (non-hydrogen) atoms. The Hall–Kier alpha value is -1.29. The van der Waals surface area contributed by atoms with Gasteiger partial charge in [-0.05, 0) is 30.7 Å². The molecule has 0 saturated heterocycles. The third kappa shape index (κ3) is 3.35. The number of nitrogen functional groups attached to an aromatic ring is 1. The summed E-state index contributed by atoms with van der Waals surface area (Å²) in [5.74, 6) is -0.113. The fourth-order valence-electron chi connectivity index (χ4n) is 2.18. The molecule has 1 aromatic heterocycles. The van der Waals surface area contributed by atoms with Crippen molar-refractivity contribution >= 4 is 24.0 Å². The van der Waals surface area contributed by atoms with Gasteiger partial charge in [-0.3, -0.25) is 9.78 Å². The lowest BCUT2D eigenvalue weighted by Crippen LogP contribution is -2.30. The number of pyridine rings is 1. The van der Waals surface area contributed by atoms with E-state index in [4.69, 9.17) is 5.73 Å². The van der Waals surface area contributed by atoms with Crippen LogP contribution in [0.2, 0.25) is 0 Å². The van der Waals surface area contributed by atoms with Gasteiger partial charge in [0.1, 0.15) is 0 Å². The number of rotatable bonds is 5. The van der Waals surface area contributed by atoms with Crippen LogP contribution >= 0.6 is 12.4 Å². The molecule has 1 amide bonds. The molecule has 1 fully saturated rings. The first-order valence-electron chi connectivity index (χ1n) is 6.14. The number of nitrogens with zero attached hydrogens (tertiary/aromatic N) is 1. The molecule has 3 N–H and O–H groups in total. The monoisotopic (exact) mass is 269 g/mol.